The van der Waals surface area contributed by atoms with E-state index in [0.717, 1.165) is 25.7 Å². The Morgan fingerprint density at radius 3 is 2.26 bits per heavy atom. The van der Waals surface area contributed by atoms with E-state index in [2.05, 4.69) is 0 Å². The molecule has 1 amide bonds. The number of nitrogens with two attached hydrogens (primary N) is 1. The quantitative estimate of drug-likeness (QED) is 0.766. The first-order chi connectivity index (χ1) is 10.2. The molecule has 3 rings (SSSR count). The lowest BCUT2D eigenvalue weighted by Gasteiger charge is -2.46. The van der Waals surface area contributed by atoms with Gasteiger partial charge in [0.25, 0.3) is 0 Å². The normalized spacial score (nSPS) is 38.5. The molecule has 0 aromatic heterocycles. The molecular weight excluding hydrogens is 336 g/mol. The predicted octanol–water partition coefficient (Wildman–Crippen LogP) is 1.60. The Kier molecular flexibility index (Phi) is 5.39. The van der Waals surface area contributed by atoms with Gasteiger partial charge in [-0.15, -0.1) is 12.4 Å². The molecule has 1 heterocycles. The summed E-state index contributed by atoms with van der Waals surface area (Å²) < 4.78 is 23.4. The minimum absolute atomic E-state index is 0. The number of carbonyl (C=O) groups is 1. The van der Waals surface area contributed by atoms with Crippen molar-refractivity contribution in [1.29, 1.82) is 0 Å². The number of halogens is 1. The Morgan fingerprint density at radius 2 is 1.74 bits per heavy atom. The molecule has 2 unspecified atom stereocenters. The van der Waals surface area contributed by atoms with Crippen molar-refractivity contribution < 1.29 is 13.2 Å². The van der Waals surface area contributed by atoms with Crippen molar-refractivity contribution in [3.8, 4) is 0 Å². The molecule has 1 aliphatic heterocycles. The van der Waals surface area contributed by atoms with Crippen LogP contribution in [-0.4, -0.2) is 48.9 Å². The van der Waals surface area contributed by atoms with Gasteiger partial charge in [0, 0.05) is 25.0 Å². The number of nitrogens with zero attached hydrogens (tertiary/aromatic N) is 1. The number of amides is 1. The van der Waals surface area contributed by atoms with Gasteiger partial charge in [0.15, 0.2) is 9.84 Å². The molecule has 3 fully saturated rings. The minimum Gasteiger partial charge on any atom is -0.340 e. The molecule has 2 atom stereocenters. The third-order valence-corrected chi connectivity index (χ3v) is 8.65. The van der Waals surface area contributed by atoms with Gasteiger partial charge in [-0.1, -0.05) is 6.42 Å². The van der Waals surface area contributed by atoms with Crippen molar-refractivity contribution in [3.05, 3.63) is 0 Å². The van der Waals surface area contributed by atoms with Gasteiger partial charge in [-0.2, -0.15) is 0 Å². The van der Waals surface area contributed by atoms with Crippen molar-refractivity contribution in [2.24, 2.45) is 23.5 Å². The maximum absolute atomic E-state index is 12.9. The molecular formula is C16H29ClN2O3S. The minimum atomic E-state index is -3.10. The van der Waals surface area contributed by atoms with Crippen LogP contribution in [0.3, 0.4) is 0 Å². The zero-order chi connectivity index (χ0) is 16.1. The standard InChI is InChI=1S/C16H28N2O3S.ClH/c1-16(2)10-18(6-7-22(16,20)21)15(19)13-8-11-4-3-5-12(9-13)14(11)17;/h11-14H,3-10,17H2,1-2H3;1H. The molecule has 3 aliphatic rings. The van der Waals surface area contributed by atoms with Crippen molar-refractivity contribution in [3.63, 3.8) is 0 Å². The SMILES string of the molecule is CC1(C)CN(C(=O)C2CC3CCCC(C2)C3N)CCS1(=O)=O.Cl. The summed E-state index contributed by atoms with van der Waals surface area (Å²) >= 11 is 0. The van der Waals surface area contributed by atoms with Crippen LogP contribution >= 0.6 is 12.4 Å². The number of fused-ring (bicyclic) bond motifs is 2. The van der Waals surface area contributed by atoms with E-state index >= 15 is 0 Å². The topological polar surface area (TPSA) is 80.5 Å². The van der Waals surface area contributed by atoms with Crippen LogP contribution in [-0.2, 0) is 14.6 Å². The maximum atomic E-state index is 12.9. The fourth-order valence-electron chi connectivity index (χ4n) is 4.58. The fraction of sp³-hybridized carbons (Fsp3) is 0.938. The van der Waals surface area contributed by atoms with E-state index in [4.69, 9.17) is 5.73 Å². The summed E-state index contributed by atoms with van der Waals surface area (Å²) in [5, 5.41) is 0. The first-order valence-corrected chi connectivity index (χ1v) is 10.1. The molecule has 134 valence electrons. The lowest BCUT2D eigenvalue weighted by molar-refractivity contribution is -0.139. The zero-order valence-electron chi connectivity index (χ0n) is 14.0. The third kappa shape index (κ3) is 3.40. The molecule has 0 aromatic rings. The van der Waals surface area contributed by atoms with E-state index in [1.54, 1.807) is 18.7 Å². The molecule has 0 radical (unpaired) electrons. The van der Waals surface area contributed by atoms with Crippen LogP contribution in [0, 0.1) is 17.8 Å². The first kappa shape index (κ1) is 19.0. The summed E-state index contributed by atoms with van der Waals surface area (Å²) in [5.41, 5.74) is 6.30. The molecule has 7 heteroatoms. The van der Waals surface area contributed by atoms with E-state index in [-0.39, 0.29) is 36.0 Å². The van der Waals surface area contributed by atoms with Gasteiger partial charge in [0.1, 0.15) is 0 Å². The monoisotopic (exact) mass is 364 g/mol. The predicted molar refractivity (Wildman–Crippen MR) is 93.2 cm³/mol. The number of carbonyl (C=O) groups excluding carboxylic acids is 1. The third-order valence-electron chi connectivity index (χ3n) is 6.12. The van der Waals surface area contributed by atoms with Gasteiger partial charge in [-0.3, -0.25) is 4.79 Å². The highest BCUT2D eigenvalue weighted by molar-refractivity contribution is 7.92. The molecule has 2 N–H and O–H groups in total. The summed E-state index contributed by atoms with van der Waals surface area (Å²) in [6.45, 7) is 4.13. The Hall–Kier alpha value is -0.330. The first-order valence-electron chi connectivity index (χ1n) is 8.48. The van der Waals surface area contributed by atoms with Crippen LogP contribution in [0.2, 0.25) is 0 Å². The zero-order valence-corrected chi connectivity index (χ0v) is 15.7. The van der Waals surface area contributed by atoms with E-state index in [9.17, 15) is 13.2 Å². The second-order valence-electron chi connectivity index (χ2n) is 8.04. The van der Waals surface area contributed by atoms with E-state index < -0.39 is 14.6 Å². The van der Waals surface area contributed by atoms with Gasteiger partial charge in [0.05, 0.1) is 10.5 Å². The van der Waals surface area contributed by atoms with Crippen LogP contribution in [0.25, 0.3) is 0 Å². The van der Waals surface area contributed by atoms with Gasteiger partial charge in [-0.25, -0.2) is 8.42 Å². The summed E-state index contributed by atoms with van der Waals surface area (Å²) in [5.74, 6) is 1.25. The fourth-order valence-corrected chi connectivity index (χ4v) is 5.95. The van der Waals surface area contributed by atoms with Crippen molar-refractivity contribution >= 4 is 28.2 Å². The molecule has 1 saturated heterocycles. The van der Waals surface area contributed by atoms with Crippen LogP contribution < -0.4 is 5.73 Å². The van der Waals surface area contributed by atoms with Gasteiger partial charge >= 0.3 is 0 Å². The molecule has 2 saturated carbocycles. The molecule has 23 heavy (non-hydrogen) atoms. The summed E-state index contributed by atoms with van der Waals surface area (Å²) in [6.07, 6.45) is 5.29. The number of hydrogen-bond donors (Lipinski definition) is 1. The van der Waals surface area contributed by atoms with Crippen molar-refractivity contribution in [2.45, 2.75) is 56.7 Å². The van der Waals surface area contributed by atoms with Crippen molar-refractivity contribution in [1.82, 2.24) is 4.90 Å². The lowest BCUT2D eigenvalue weighted by Crippen LogP contribution is -2.57. The summed E-state index contributed by atoms with van der Waals surface area (Å²) in [7, 11) is -3.10. The van der Waals surface area contributed by atoms with E-state index in [0.29, 0.717) is 24.9 Å². The average Bonchev–Trinajstić information content (AvgIpc) is 2.41. The van der Waals surface area contributed by atoms with Crippen molar-refractivity contribution in [2.75, 3.05) is 18.8 Å². The smallest absolute Gasteiger partial charge is 0.225 e. The Morgan fingerprint density at radius 1 is 1.17 bits per heavy atom. The maximum Gasteiger partial charge on any atom is 0.225 e. The summed E-state index contributed by atoms with van der Waals surface area (Å²) in [4.78, 5) is 14.7. The van der Waals surface area contributed by atoms with Crippen LogP contribution in [0.1, 0.15) is 46.0 Å². The van der Waals surface area contributed by atoms with E-state index in [1.165, 1.54) is 6.42 Å². The molecule has 0 aromatic carbocycles. The Bertz CT molecular complexity index is 550. The number of rotatable bonds is 1. The molecule has 2 aliphatic carbocycles. The van der Waals surface area contributed by atoms with Crippen LogP contribution in [0.5, 0.6) is 0 Å². The van der Waals surface area contributed by atoms with Crippen LogP contribution in [0.4, 0.5) is 0 Å². The highest BCUT2D eigenvalue weighted by Crippen LogP contribution is 2.42. The van der Waals surface area contributed by atoms with Gasteiger partial charge in [0.2, 0.25) is 5.91 Å². The average molecular weight is 365 g/mol. The largest absolute Gasteiger partial charge is 0.340 e. The molecule has 5 nitrogen and oxygen atoms in total. The number of hydrogen-bond acceptors (Lipinski definition) is 4. The van der Waals surface area contributed by atoms with Crippen LogP contribution in [0.15, 0.2) is 0 Å². The highest BCUT2D eigenvalue weighted by atomic mass is 35.5. The highest BCUT2D eigenvalue weighted by Gasteiger charge is 2.45. The molecule has 2 bridgehead atoms. The van der Waals surface area contributed by atoms with Gasteiger partial charge in [-0.05, 0) is 51.4 Å². The summed E-state index contributed by atoms with van der Waals surface area (Å²) in [6, 6.07) is 0.260. The Balaban J connectivity index is 0.00000192. The van der Waals surface area contributed by atoms with E-state index in [1.807, 2.05) is 0 Å². The molecule has 0 spiro atoms. The second-order valence-corrected chi connectivity index (χ2v) is 10.8. The lowest BCUT2D eigenvalue weighted by atomic mass is 9.65. The number of sulfone groups is 1. The van der Waals surface area contributed by atoms with Gasteiger partial charge < -0.3 is 10.6 Å². The second kappa shape index (κ2) is 6.52. The Labute approximate surface area is 145 Å².